The number of benzene rings is 1. The molecule has 1 saturated heterocycles. The Morgan fingerprint density at radius 2 is 2.09 bits per heavy atom. The maximum atomic E-state index is 12.9. The minimum absolute atomic E-state index is 0.0556. The van der Waals surface area contributed by atoms with E-state index in [1.807, 2.05) is 6.92 Å². The van der Waals surface area contributed by atoms with Gasteiger partial charge in [-0.2, -0.15) is 0 Å². The Morgan fingerprint density at radius 3 is 2.83 bits per heavy atom. The Hall–Kier alpha value is -1.55. The lowest BCUT2D eigenvalue weighted by Crippen LogP contribution is -2.50. The van der Waals surface area contributed by atoms with Crippen LogP contribution in [0.15, 0.2) is 18.2 Å². The van der Waals surface area contributed by atoms with Gasteiger partial charge in [0.2, 0.25) is 5.91 Å². The number of esters is 1. The third-order valence-corrected chi connectivity index (χ3v) is 5.04. The molecule has 2 heterocycles. The number of nitrogens with zero attached hydrogens (tertiary/aromatic N) is 1. The normalized spacial score (nSPS) is 26.0. The van der Waals surface area contributed by atoms with Gasteiger partial charge in [-0.05, 0) is 31.5 Å². The van der Waals surface area contributed by atoms with Crippen LogP contribution >= 0.6 is 11.6 Å². The zero-order chi connectivity index (χ0) is 16.6. The molecule has 2 aliphatic rings. The molecule has 1 aromatic carbocycles. The number of ether oxygens (including phenoxy) is 1. The van der Waals surface area contributed by atoms with Crippen LogP contribution in [0.3, 0.4) is 0 Å². The van der Waals surface area contributed by atoms with Gasteiger partial charge in [-0.15, -0.1) is 0 Å². The van der Waals surface area contributed by atoms with Gasteiger partial charge in [-0.1, -0.05) is 44.2 Å². The predicted octanol–water partition coefficient (Wildman–Crippen LogP) is 4.55. The first-order valence-corrected chi connectivity index (χ1v) is 8.71. The molecule has 0 spiro atoms. The molecule has 0 aromatic heterocycles. The van der Waals surface area contributed by atoms with Crippen LogP contribution in [0.25, 0.3) is 0 Å². The molecule has 0 saturated carbocycles. The van der Waals surface area contributed by atoms with Gasteiger partial charge in [0.1, 0.15) is 0 Å². The van der Waals surface area contributed by atoms with Crippen molar-refractivity contribution in [2.75, 3.05) is 4.90 Å². The molecule has 3 rings (SSSR count). The zero-order valence-corrected chi connectivity index (χ0v) is 14.4. The number of carbonyl (C=O) groups excluding carboxylic acids is 2. The van der Waals surface area contributed by atoms with Crippen LogP contribution in [0.5, 0.6) is 0 Å². The van der Waals surface area contributed by atoms with E-state index in [1.54, 1.807) is 23.1 Å². The number of hydrogen-bond acceptors (Lipinski definition) is 3. The smallest absolute Gasteiger partial charge is 0.342 e. The third-order valence-electron chi connectivity index (χ3n) is 4.81. The van der Waals surface area contributed by atoms with Crippen LogP contribution in [0.4, 0.5) is 5.69 Å². The summed E-state index contributed by atoms with van der Waals surface area (Å²) >= 11 is 5.97. The summed E-state index contributed by atoms with van der Waals surface area (Å²) in [6, 6.07) is 5.02. The molecule has 0 bridgehead atoms. The molecule has 1 amide bonds. The van der Waals surface area contributed by atoms with E-state index in [4.69, 9.17) is 16.3 Å². The predicted molar refractivity (Wildman–Crippen MR) is 89.6 cm³/mol. The van der Waals surface area contributed by atoms with Gasteiger partial charge in [-0.3, -0.25) is 9.69 Å². The van der Waals surface area contributed by atoms with E-state index in [9.17, 15) is 9.59 Å². The fourth-order valence-corrected chi connectivity index (χ4v) is 3.85. The first kappa shape index (κ1) is 16.3. The number of carbonyl (C=O) groups is 2. The maximum Gasteiger partial charge on any atom is 0.342 e. The van der Waals surface area contributed by atoms with E-state index in [1.165, 1.54) is 12.8 Å². The van der Waals surface area contributed by atoms with Gasteiger partial charge in [0.15, 0.2) is 5.72 Å². The van der Waals surface area contributed by atoms with Crippen LogP contribution in [-0.2, 0) is 9.53 Å². The highest BCUT2D eigenvalue weighted by atomic mass is 35.5. The van der Waals surface area contributed by atoms with Gasteiger partial charge < -0.3 is 4.74 Å². The lowest BCUT2D eigenvalue weighted by atomic mass is 9.96. The SMILES string of the molecule is CCCCCCC1CC2(C)OC(=O)c3cc(Cl)ccc3N2C1=O. The topological polar surface area (TPSA) is 46.6 Å². The number of hydrogen-bond donors (Lipinski definition) is 0. The summed E-state index contributed by atoms with van der Waals surface area (Å²) in [6.45, 7) is 4.00. The van der Waals surface area contributed by atoms with Crippen LogP contribution in [0.2, 0.25) is 5.02 Å². The number of rotatable bonds is 5. The van der Waals surface area contributed by atoms with Crippen molar-refractivity contribution in [3.63, 3.8) is 0 Å². The minimum Gasteiger partial charge on any atom is -0.435 e. The number of amides is 1. The molecule has 1 fully saturated rings. The van der Waals surface area contributed by atoms with Crippen molar-refractivity contribution in [2.24, 2.45) is 5.92 Å². The summed E-state index contributed by atoms with van der Waals surface area (Å²) < 4.78 is 5.61. The van der Waals surface area contributed by atoms with Crippen molar-refractivity contribution in [2.45, 2.75) is 58.1 Å². The molecule has 23 heavy (non-hydrogen) atoms. The van der Waals surface area contributed by atoms with Gasteiger partial charge in [-0.25, -0.2) is 4.79 Å². The molecular formula is C18H22ClNO3. The van der Waals surface area contributed by atoms with Gasteiger partial charge in [0.25, 0.3) is 0 Å². The molecule has 0 radical (unpaired) electrons. The Kier molecular flexibility index (Phi) is 4.37. The fourth-order valence-electron chi connectivity index (χ4n) is 3.68. The van der Waals surface area contributed by atoms with E-state index < -0.39 is 11.7 Å². The molecular weight excluding hydrogens is 314 g/mol. The molecule has 124 valence electrons. The van der Waals surface area contributed by atoms with Crippen molar-refractivity contribution < 1.29 is 14.3 Å². The van der Waals surface area contributed by atoms with E-state index in [0.717, 1.165) is 19.3 Å². The van der Waals surface area contributed by atoms with Crippen LogP contribution in [0, 0.1) is 5.92 Å². The van der Waals surface area contributed by atoms with Crippen molar-refractivity contribution >= 4 is 29.2 Å². The average Bonchev–Trinajstić information content (AvgIpc) is 2.75. The summed E-state index contributed by atoms with van der Waals surface area (Å²) in [6.07, 6.45) is 5.96. The van der Waals surface area contributed by atoms with Crippen molar-refractivity contribution in [1.82, 2.24) is 0 Å². The summed E-state index contributed by atoms with van der Waals surface area (Å²) in [7, 11) is 0. The lowest BCUT2D eigenvalue weighted by molar-refractivity contribution is -0.121. The highest BCUT2D eigenvalue weighted by Gasteiger charge is 2.54. The minimum atomic E-state index is -0.871. The highest BCUT2D eigenvalue weighted by Crippen LogP contribution is 2.46. The highest BCUT2D eigenvalue weighted by molar-refractivity contribution is 6.31. The molecule has 1 aromatic rings. The second-order valence-corrected chi connectivity index (χ2v) is 7.09. The molecule has 5 heteroatoms. The quantitative estimate of drug-likeness (QED) is 0.585. The Bertz CT molecular complexity index is 645. The summed E-state index contributed by atoms with van der Waals surface area (Å²) in [5, 5.41) is 0.465. The second-order valence-electron chi connectivity index (χ2n) is 6.65. The number of halogens is 1. The first-order valence-electron chi connectivity index (χ1n) is 8.33. The van der Waals surface area contributed by atoms with Gasteiger partial charge in [0.05, 0.1) is 11.3 Å². The number of anilines is 1. The van der Waals surface area contributed by atoms with Crippen molar-refractivity contribution in [3.8, 4) is 0 Å². The van der Waals surface area contributed by atoms with Gasteiger partial charge in [0, 0.05) is 17.4 Å². The van der Waals surface area contributed by atoms with Crippen molar-refractivity contribution in [3.05, 3.63) is 28.8 Å². The Balaban J connectivity index is 1.85. The third kappa shape index (κ3) is 2.85. The summed E-state index contributed by atoms with van der Waals surface area (Å²) in [4.78, 5) is 26.8. The Labute approximate surface area is 141 Å². The van der Waals surface area contributed by atoms with E-state index in [2.05, 4.69) is 6.92 Å². The molecule has 2 atom stereocenters. The second kappa shape index (κ2) is 6.16. The molecule has 2 aliphatic heterocycles. The van der Waals surface area contributed by atoms with E-state index in [0.29, 0.717) is 22.7 Å². The molecule has 2 unspecified atom stereocenters. The largest absolute Gasteiger partial charge is 0.435 e. The maximum absolute atomic E-state index is 12.9. The standard InChI is InChI=1S/C18H22ClNO3/c1-3-4-5-6-7-12-11-18(2)20(16(12)21)15-9-8-13(19)10-14(15)17(22)23-18/h8-10,12H,3-7,11H2,1-2H3. The Morgan fingerprint density at radius 1 is 1.30 bits per heavy atom. The van der Waals surface area contributed by atoms with E-state index in [-0.39, 0.29) is 11.8 Å². The summed E-state index contributed by atoms with van der Waals surface area (Å²) in [5.41, 5.74) is 0.119. The first-order chi connectivity index (χ1) is 11.0. The van der Waals surface area contributed by atoms with E-state index >= 15 is 0 Å². The number of unbranched alkanes of at least 4 members (excludes halogenated alkanes) is 3. The lowest BCUT2D eigenvalue weighted by Gasteiger charge is -2.39. The molecule has 4 nitrogen and oxygen atoms in total. The molecule has 0 N–H and O–H groups in total. The summed E-state index contributed by atoms with van der Waals surface area (Å²) in [5.74, 6) is -0.424. The monoisotopic (exact) mass is 335 g/mol. The fraction of sp³-hybridized carbons (Fsp3) is 0.556. The van der Waals surface area contributed by atoms with Crippen LogP contribution in [-0.4, -0.2) is 17.6 Å². The van der Waals surface area contributed by atoms with Crippen LogP contribution in [0.1, 0.15) is 62.7 Å². The molecule has 0 aliphatic carbocycles. The van der Waals surface area contributed by atoms with Crippen molar-refractivity contribution in [1.29, 1.82) is 0 Å². The van der Waals surface area contributed by atoms with Crippen LogP contribution < -0.4 is 4.90 Å². The van der Waals surface area contributed by atoms with Gasteiger partial charge >= 0.3 is 5.97 Å². The number of fused-ring (bicyclic) bond motifs is 3. The average molecular weight is 336 g/mol. The zero-order valence-electron chi connectivity index (χ0n) is 13.6.